The quantitative estimate of drug-likeness (QED) is 0.547. The summed E-state index contributed by atoms with van der Waals surface area (Å²) in [6.45, 7) is 4.38. The Labute approximate surface area is 166 Å². The van der Waals surface area contributed by atoms with Gasteiger partial charge in [0.1, 0.15) is 5.52 Å². The predicted octanol–water partition coefficient (Wildman–Crippen LogP) is 2.06. The van der Waals surface area contributed by atoms with Crippen molar-refractivity contribution in [3.63, 3.8) is 0 Å². The first-order valence-corrected chi connectivity index (χ1v) is 9.39. The summed E-state index contributed by atoms with van der Waals surface area (Å²) in [6, 6.07) is 9.20. The maximum absolute atomic E-state index is 12.5. The summed E-state index contributed by atoms with van der Waals surface area (Å²) < 4.78 is 7.02. The zero-order chi connectivity index (χ0) is 19.8. The van der Waals surface area contributed by atoms with Gasteiger partial charge in [0.05, 0.1) is 6.26 Å². The fraction of sp³-hybridized carbons (Fsp3) is 0.263. The fourth-order valence-corrected chi connectivity index (χ4v) is 3.42. The third-order valence-corrected chi connectivity index (χ3v) is 4.91. The number of anilines is 3. The number of H-pyrrole nitrogens is 1. The minimum atomic E-state index is -0.0901. The van der Waals surface area contributed by atoms with E-state index in [-0.39, 0.29) is 5.91 Å². The highest BCUT2D eigenvalue weighted by Crippen LogP contribution is 2.23. The lowest BCUT2D eigenvalue weighted by atomic mass is 10.3. The lowest BCUT2D eigenvalue weighted by molar-refractivity contribution is 0.0714. The molecule has 0 radical (unpaired) electrons. The number of aromatic nitrogens is 5. The van der Waals surface area contributed by atoms with E-state index in [9.17, 15) is 4.79 Å². The Hall–Kier alpha value is -3.82. The number of nitrogens with zero attached hydrogens (tertiary/aromatic N) is 6. The molecule has 1 aliphatic heterocycles. The Morgan fingerprint density at radius 2 is 2.07 bits per heavy atom. The van der Waals surface area contributed by atoms with E-state index in [0.29, 0.717) is 49.5 Å². The molecule has 4 aromatic heterocycles. The van der Waals surface area contributed by atoms with E-state index in [4.69, 9.17) is 9.40 Å². The van der Waals surface area contributed by atoms with Crippen LogP contribution >= 0.6 is 0 Å². The molecular weight excluding hydrogens is 372 g/mol. The molecule has 0 bridgehead atoms. The lowest BCUT2D eigenvalue weighted by Gasteiger charge is -2.34. The maximum Gasteiger partial charge on any atom is 0.289 e. The van der Waals surface area contributed by atoms with Crippen molar-refractivity contribution >= 4 is 29.0 Å². The van der Waals surface area contributed by atoms with Gasteiger partial charge in [-0.3, -0.25) is 9.89 Å². The van der Waals surface area contributed by atoms with Gasteiger partial charge in [-0.15, -0.1) is 5.10 Å². The number of aryl methyl sites for hydroxylation is 1. The summed E-state index contributed by atoms with van der Waals surface area (Å²) in [6.07, 6.45) is 3.40. The summed E-state index contributed by atoms with van der Waals surface area (Å²) >= 11 is 0. The number of hydrogen-bond acceptors (Lipinski definition) is 7. The Balaban J connectivity index is 1.36. The summed E-state index contributed by atoms with van der Waals surface area (Å²) in [4.78, 5) is 21.1. The number of carbonyl (C=O) groups excluding carboxylic acids is 1. The molecular formula is C19H20N8O2. The molecule has 0 aliphatic carbocycles. The summed E-state index contributed by atoms with van der Waals surface area (Å²) in [5.74, 6) is 2.26. The molecule has 2 N–H and O–H groups in total. The van der Waals surface area contributed by atoms with Crippen molar-refractivity contribution in [1.29, 1.82) is 0 Å². The zero-order valence-electron chi connectivity index (χ0n) is 15.9. The van der Waals surface area contributed by atoms with Crippen LogP contribution in [0.1, 0.15) is 16.2 Å². The molecule has 10 nitrogen and oxygen atoms in total. The van der Waals surface area contributed by atoms with Crippen molar-refractivity contribution in [3.05, 3.63) is 54.2 Å². The van der Waals surface area contributed by atoms with Gasteiger partial charge in [0.2, 0.25) is 5.95 Å². The van der Waals surface area contributed by atoms with E-state index >= 15 is 0 Å². The number of nitrogens with one attached hydrogen (secondary N) is 2. The van der Waals surface area contributed by atoms with Gasteiger partial charge in [-0.1, -0.05) is 0 Å². The minimum absolute atomic E-state index is 0.0901. The fourth-order valence-electron chi connectivity index (χ4n) is 3.42. The molecule has 0 aromatic carbocycles. The first-order valence-electron chi connectivity index (χ1n) is 9.39. The standard InChI is InChI=1S/C19H20N8O2/c1-13-12-16(23-22-13)20-17-14-4-2-6-27(14)24-19(21-17)26-9-7-25(8-10-26)18(28)15-5-3-11-29-15/h2-6,11-12H,7-10H2,1H3,(H2,20,21,22,23,24). The number of aromatic amines is 1. The van der Waals surface area contributed by atoms with Crippen molar-refractivity contribution < 1.29 is 9.21 Å². The summed E-state index contributed by atoms with van der Waals surface area (Å²) in [5, 5.41) is 15.0. The highest BCUT2D eigenvalue weighted by Gasteiger charge is 2.25. The second-order valence-corrected chi connectivity index (χ2v) is 6.92. The third-order valence-electron chi connectivity index (χ3n) is 4.91. The summed E-state index contributed by atoms with van der Waals surface area (Å²) in [7, 11) is 0. The Morgan fingerprint density at radius 3 is 2.79 bits per heavy atom. The van der Waals surface area contributed by atoms with Crippen molar-refractivity contribution in [3.8, 4) is 0 Å². The molecule has 1 aliphatic rings. The molecule has 1 amide bonds. The van der Waals surface area contributed by atoms with E-state index in [1.165, 1.54) is 6.26 Å². The predicted molar refractivity (Wildman–Crippen MR) is 106 cm³/mol. The molecule has 29 heavy (non-hydrogen) atoms. The average molecular weight is 392 g/mol. The van der Waals surface area contributed by atoms with Gasteiger partial charge in [-0.05, 0) is 31.2 Å². The van der Waals surface area contributed by atoms with Gasteiger partial charge >= 0.3 is 0 Å². The molecule has 1 saturated heterocycles. The van der Waals surface area contributed by atoms with Crippen LogP contribution < -0.4 is 10.2 Å². The topological polar surface area (TPSA) is 108 Å². The van der Waals surface area contributed by atoms with E-state index in [1.54, 1.807) is 21.5 Å². The lowest BCUT2D eigenvalue weighted by Crippen LogP contribution is -2.49. The van der Waals surface area contributed by atoms with Crippen molar-refractivity contribution in [2.75, 3.05) is 36.4 Å². The van der Waals surface area contributed by atoms with Crippen molar-refractivity contribution in [2.24, 2.45) is 0 Å². The Kier molecular flexibility index (Phi) is 4.15. The number of amides is 1. The molecule has 0 spiro atoms. The molecule has 4 aromatic rings. The van der Waals surface area contributed by atoms with Crippen LogP contribution in [0.3, 0.4) is 0 Å². The van der Waals surface area contributed by atoms with Gasteiger partial charge < -0.3 is 19.5 Å². The van der Waals surface area contributed by atoms with Gasteiger partial charge in [0, 0.05) is 44.1 Å². The molecule has 0 saturated carbocycles. The minimum Gasteiger partial charge on any atom is -0.459 e. The molecule has 148 valence electrons. The number of fused-ring (bicyclic) bond motifs is 1. The highest BCUT2D eigenvalue weighted by molar-refractivity contribution is 5.91. The number of furan rings is 1. The van der Waals surface area contributed by atoms with Gasteiger partial charge in [-0.25, -0.2) is 4.52 Å². The van der Waals surface area contributed by atoms with E-state index < -0.39 is 0 Å². The van der Waals surface area contributed by atoms with Crippen LogP contribution in [-0.4, -0.2) is 61.8 Å². The van der Waals surface area contributed by atoms with E-state index in [2.05, 4.69) is 25.5 Å². The van der Waals surface area contributed by atoms with E-state index in [1.807, 2.05) is 31.3 Å². The molecule has 0 unspecified atom stereocenters. The van der Waals surface area contributed by atoms with Crippen LogP contribution in [0.2, 0.25) is 0 Å². The van der Waals surface area contributed by atoms with Crippen LogP contribution in [-0.2, 0) is 0 Å². The summed E-state index contributed by atoms with van der Waals surface area (Å²) in [5.41, 5.74) is 1.83. The largest absolute Gasteiger partial charge is 0.459 e. The normalized spacial score (nSPS) is 14.5. The van der Waals surface area contributed by atoms with Gasteiger partial charge in [0.25, 0.3) is 5.91 Å². The third kappa shape index (κ3) is 3.28. The molecule has 1 fully saturated rings. The van der Waals surface area contributed by atoms with Crippen molar-refractivity contribution in [1.82, 2.24) is 29.7 Å². The Morgan fingerprint density at radius 1 is 1.21 bits per heavy atom. The number of piperazine rings is 1. The van der Waals surface area contributed by atoms with E-state index in [0.717, 1.165) is 11.2 Å². The van der Waals surface area contributed by atoms with Crippen LogP contribution in [0.5, 0.6) is 0 Å². The molecule has 10 heteroatoms. The monoisotopic (exact) mass is 392 g/mol. The zero-order valence-corrected chi connectivity index (χ0v) is 15.9. The molecule has 0 atom stereocenters. The second-order valence-electron chi connectivity index (χ2n) is 6.92. The maximum atomic E-state index is 12.5. The van der Waals surface area contributed by atoms with Crippen molar-refractivity contribution in [2.45, 2.75) is 6.92 Å². The molecule has 5 heterocycles. The van der Waals surface area contributed by atoms with Gasteiger partial charge in [0.15, 0.2) is 17.4 Å². The Bertz CT molecular complexity index is 1140. The first-order chi connectivity index (χ1) is 14.2. The number of carbonyl (C=O) groups is 1. The number of rotatable bonds is 4. The number of hydrogen-bond donors (Lipinski definition) is 2. The van der Waals surface area contributed by atoms with Crippen LogP contribution in [0.4, 0.5) is 17.6 Å². The molecule has 5 rings (SSSR count). The van der Waals surface area contributed by atoms with Gasteiger partial charge in [-0.2, -0.15) is 10.1 Å². The van der Waals surface area contributed by atoms with Crippen LogP contribution in [0.15, 0.2) is 47.2 Å². The average Bonchev–Trinajstić information content (AvgIpc) is 3.49. The van der Waals surface area contributed by atoms with Crippen LogP contribution in [0, 0.1) is 6.92 Å². The second kappa shape index (κ2) is 6.97. The SMILES string of the molecule is Cc1cc(Nc2nc(N3CCN(C(=O)c4ccco4)CC3)nn3cccc23)n[nH]1. The highest BCUT2D eigenvalue weighted by atomic mass is 16.3. The smallest absolute Gasteiger partial charge is 0.289 e. The first kappa shape index (κ1) is 17.3. The van der Waals surface area contributed by atoms with Crippen LogP contribution in [0.25, 0.3) is 5.52 Å².